The van der Waals surface area contributed by atoms with Gasteiger partial charge in [-0.1, -0.05) is 6.07 Å². The number of aliphatic carboxylic acids is 1. The Hall–Kier alpha value is -3.03. The summed E-state index contributed by atoms with van der Waals surface area (Å²) >= 11 is 0. The molecule has 1 aromatic carbocycles. The van der Waals surface area contributed by atoms with Gasteiger partial charge in [0.05, 0.1) is 23.5 Å². The van der Waals surface area contributed by atoms with E-state index >= 15 is 0 Å². The molecule has 7 nitrogen and oxygen atoms in total. The molecule has 0 aliphatic carbocycles. The van der Waals surface area contributed by atoms with Gasteiger partial charge in [-0.25, -0.2) is 4.39 Å². The molecule has 142 valence electrons. The predicted octanol–water partition coefficient (Wildman–Crippen LogP) is 1.77. The number of rotatable bonds is 4. The van der Waals surface area contributed by atoms with Crippen molar-refractivity contribution in [3.63, 3.8) is 0 Å². The Morgan fingerprint density at radius 1 is 1.30 bits per heavy atom. The monoisotopic (exact) mass is 373 g/mol. The van der Waals surface area contributed by atoms with Crippen LogP contribution < -0.4 is 0 Å². The van der Waals surface area contributed by atoms with Gasteiger partial charge >= 0.3 is 5.97 Å². The zero-order chi connectivity index (χ0) is 19.6. The van der Waals surface area contributed by atoms with Gasteiger partial charge in [0.2, 0.25) is 5.91 Å². The van der Waals surface area contributed by atoms with Crippen LogP contribution in [0.25, 0.3) is 10.9 Å². The highest BCUT2D eigenvalue weighted by Crippen LogP contribution is 2.20. The zero-order valence-electron chi connectivity index (χ0n) is 14.9. The van der Waals surface area contributed by atoms with E-state index in [-0.39, 0.29) is 18.0 Å². The van der Waals surface area contributed by atoms with Crippen LogP contribution in [0.1, 0.15) is 23.2 Å². The molecule has 1 aromatic heterocycles. The van der Waals surface area contributed by atoms with E-state index < -0.39 is 23.6 Å². The van der Waals surface area contributed by atoms with Crippen LogP contribution >= 0.6 is 0 Å². The number of hydrogen-bond acceptors (Lipinski definition) is 4. The van der Waals surface area contributed by atoms with Gasteiger partial charge < -0.3 is 14.9 Å². The van der Waals surface area contributed by atoms with Gasteiger partial charge in [0.15, 0.2) is 0 Å². The summed E-state index contributed by atoms with van der Waals surface area (Å²) in [7, 11) is 1.48. The molecular weight excluding hydrogens is 353 g/mol. The van der Waals surface area contributed by atoms with Crippen LogP contribution in [-0.4, -0.2) is 64.4 Å². The molecule has 1 aliphatic rings. The fourth-order valence-electron chi connectivity index (χ4n) is 3.27. The molecule has 8 heteroatoms. The van der Waals surface area contributed by atoms with Crippen LogP contribution in [0.3, 0.4) is 0 Å². The van der Waals surface area contributed by atoms with Crippen LogP contribution in [0.4, 0.5) is 4.39 Å². The number of benzene rings is 1. The number of carbonyl (C=O) groups excluding carboxylic acids is 2. The second-order valence-corrected chi connectivity index (χ2v) is 6.68. The first-order chi connectivity index (χ1) is 12.9. The molecule has 2 heterocycles. The number of halogens is 1. The Labute approximate surface area is 155 Å². The van der Waals surface area contributed by atoms with Crippen LogP contribution in [0.15, 0.2) is 30.5 Å². The second kappa shape index (κ2) is 7.69. The van der Waals surface area contributed by atoms with Gasteiger partial charge in [-0.05, 0) is 31.0 Å². The minimum absolute atomic E-state index is 0.102. The van der Waals surface area contributed by atoms with Crippen molar-refractivity contribution in [3.05, 3.63) is 41.8 Å². The number of piperidine rings is 1. The lowest BCUT2D eigenvalue weighted by Gasteiger charge is -2.31. The van der Waals surface area contributed by atoms with Gasteiger partial charge in [0.25, 0.3) is 5.91 Å². The molecule has 1 N–H and O–H groups in total. The standard InChI is InChI=1S/C19H20FN3O4/c1-22(11-16(24)23-7-4-12(5-8-23)19(26)27)18(25)15-10-14(20)9-13-3-2-6-21-17(13)15/h2-3,6,9-10,12H,4-5,7-8,11H2,1H3,(H,26,27). The molecule has 3 rings (SSSR count). The highest BCUT2D eigenvalue weighted by atomic mass is 19.1. The number of hydrogen-bond donors (Lipinski definition) is 1. The quantitative estimate of drug-likeness (QED) is 0.882. The molecule has 1 aliphatic heterocycles. The number of pyridine rings is 1. The third-order valence-electron chi connectivity index (χ3n) is 4.82. The Balaban J connectivity index is 1.70. The van der Waals surface area contributed by atoms with Gasteiger partial charge in [-0.3, -0.25) is 19.4 Å². The Morgan fingerprint density at radius 3 is 2.67 bits per heavy atom. The minimum atomic E-state index is -0.847. The lowest BCUT2D eigenvalue weighted by atomic mass is 9.97. The Kier molecular flexibility index (Phi) is 5.34. The SMILES string of the molecule is CN(CC(=O)N1CCC(C(=O)O)CC1)C(=O)c1cc(F)cc2cccnc12. The number of fused-ring (bicyclic) bond motifs is 1. The van der Waals surface area contributed by atoms with Crippen molar-refractivity contribution in [2.45, 2.75) is 12.8 Å². The molecule has 1 fully saturated rings. The topological polar surface area (TPSA) is 90.8 Å². The average Bonchev–Trinajstić information content (AvgIpc) is 2.66. The van der Waals surface area contributed by atoms with Crippen LogP contribution in [-0.2, 0) is 9.59 Å². The number of aromatic nitrogens is 1. The number of carbonyl (C=O) groups is 3. The highest BCUT2D eigenvalue weighted by molar-refractivity contribution is 6.06. The fraction of sp³-hybridized carbons (Fsp3) is 0.368. The second-order valence-electron chi connectivity index (χ2n) is 6.68. The van der Waals surface area contributed by atoms with E-state index in [2.05, 4.69) is 4.98 Å². The Morgan fingerprint density at radius 2 is 2.00 bits per heavy atom. The molecule has 0 unspecified atom stereocenters. The number of carboxylic acids is 1. The molecule has 0 saturated carbocycles. The van der Waals surface area contributed by atoms with Crippen molar-refractivity contribution in [1.29, 1.82) is 0 Å². The van der Waals surface area contributed by atoms with E-state index in [9.17, 15) is 18.8 Å². The average molecular weight is 373 g/mol. The fourth-order valence-corrected chi connectivity index (χ4v) is 3.27. The van der Waals surface area contributed by atoms with Crippen molar-refractivity contribution in [3.8, 4) is 0 Å². The van der Waals surface area contributed by atoms with Gasteiger partial charge in [0, 0.05) is 31.7 Å². The number of amides is 2. The summed E-state index contributed by atoms with van der Waals surface area (Å²) in [6, 6.07) is 5.75. The van der Waals surface area contributed by atoms with Gasteiger partial charge in [-0.15, -0.1) is 0 Å². The molecule has 0 spiro atoms. The van der Waals surface area contributed by atoms with Crippen LogP contribution in [0.5, 0.6) is 0 Å². The van der Waals surface area contributed by atoms with E-state index in [4.69, 9.17) is 5.11 Å². The molecule has 0 radical (unpaired) electrons. The molecule has 2 amide bonds. The Bertz CT molecular complexity index is 894. The van der Waals surface area contributed by atoms with E-state index in [1.54, 1.807) is 17.0 Å². The highest BCUT2D eigenvalue weighted by Gasteiger charge is 2.28. The summed E-state index contributed by atoms with van der Waals surface area (Å²) in [5, 5.41) is 9.53. The summed E-state index contributed by atoms with van der Waals surface area (Å²) in [4.78, 5) is 43.1. The smallest absolute Gasteiger partial charge is 0.306 e. The molecule has 2 aromatic rings. The van der Waals surface area contributed by atoms with Gasteiger partial charge in [0.1, 0.15) is 5.82 Å². The number of likely N-dealkylation sites (N-methyl/N-ethyl adjacent to an activating group) is 1. The van der Waals surface area contributed by atoms with Crippen molar-refractivity contribution >= 4 is 28.7 Å². The minimum Gasteiger partial charge on any atom is -0.481 e. The molecule has 0 atom stereocenters. The predicted molar refractivity (Wildman–Crippen MR) is 95.6 cm³/mol. The largest absolute Gasteiger partial charge is 0.481 e. The first-order valence-electron chi connectivity index (χ1n) is 8.67. The summed E-state index contributed by atoms with van der Waals surface area (Å²) in [5.41, 5.74) is 0.482. The number of likely N-dealkylation sites (tertiary alicyclic amines) is 1. The maximum absolute atomic E-state index is 13.9. The van der Waals surface area contributed by atoms with E-state index in [1.165, 1.54) is 24.2 Å². The molecule has 0 bridgehead atoms. The maximum Gasteiger partial charge on any atom is 0.306 e. The summed E-state index contributed by atoms with van der Waals surface area (Å²) < 4.78 is 13.9. The molecule has 1 saturated heterocycles. The number of nitrogens with zero attached hydrogens (tertiary/aromatic N) is 3. The van der Waals surface area contributed by atoms with Crippen molar-refractivity contribution in [1.82, 2.24) is 14.8 Å². The van der Waals surface area contributed by atoms with E-state index in [0.29, 0.717) is 36.8 Å². The van der Waals surface area contributed by atoms with Crippen molar-refractivity contribution in [2.24, 2.45) is 5.92 Å². The van der Waals surface area contributed by atoms with Crippen LogP contribution in [0.2, 0.25) is 0 Å². The van der Waals surface area contributed by atoms with E-state index in [1.807, 2.05) is 0 Å². The maximum atomic E-state index is 13.9. The zero-order valence-corrected chi connectivity index (χ0v) is 14.9. The molecular formula is C19H20FN3O4. The third kappa shape index (κ3) is 4.05. The summed E-state index contributed by atoms with van der Waals surface area (Å²) in [6.45, 7) is 0.534. The first kappa shape index (κ1) is 18.8. The lowest BCUT2D eigenvalue weighted by Crippen LogP contribution is -2.45. The summed E-state index contributed by atoms with van der Waals surface area (Å²) in [6.07, 6.45) is 2.32. The van der Waals surface area contributed by atoms with Crippen molar-refractivity contribution in [2.75, 3.05) is 26.7 Å². The van der Waals surface area contributed by atoms with Crippen LogP contribution in [0, 0.1) is 11.7 Å². The van der Waals surface area contributed by atoms with Crippen molar-refractivity contribution < 1.29 is 23.9 Å². The lowest BCUT2D eigenvalue weighted by molar-refractivity contribution is -0.145. The first-order valence-corrected chi connectivity index (χ1v) is 8.67. The third-order valence-corrected chi connectivity index (χ3v) is 4.82. The van der Waals surface area contributed by atoms with E-state index in [0.717, 1.165) is 6.07 Å². The normalized spacial score (nSPS) is 15.0. The van der Waals surface area contributed by atoms with Gasteiger partial charge in [-0.2, -0.15) is 0 Å². The molecule has 27 heavy (non-hydrogen) atoms. The number of carboxylic acid groups (broad SMARTS) is 1. The summed E-state index contributed by atoms with van der Waals surface area (Å²) in [5.74, 6) is -2.58.